The van der Waals surface area contributed by atoms with E-state index in [0.717, 1.165) is 22.3 Å². The lowest BCUT2D eigenvalue weighted by Gasteiger charge is -2.10. The van der Waals surface area contributed by atoms with Crippen molar-refractivity contribution in [2.45, 2.75) is 18.0 Å². The Morgan fingerprint density at radius 3 is 2.67 bits per heavy atom. The summed E-state index contributed by atoms with van der Waals surface area (Å²) in [5.41, 5.74) is 11.6. The Morgan fingerprint density at radius 2 is 2.03 bits per heavy atom. The molecule has 0 atom stereocenters. The fourth-order valence-electron chi connectivity index (χ4n) is 2.67. The van der Waals surface area contributed by atoms with Crippen molar-refractivity contribution in [3.63, 3.8) is 0 Å². The molecule has 0 fully saturated rings. The summed E-state index contributed by atoms with van der Waals surface area (Å²) >= 11 is 7.49. The number of alkyl halides is 3. The van der Waals surface area contributed by atoms with Crippen LogP contribution in [0.25, 0.3) is 28.9 Å². The second-order valence-electron chi connectivity index (χ2n) is 6.21. The molecule has 3 heterocycles. The summed E-state index contributed by atoms with van der Waals surface area (Å²) in [6, 6.07) is 7.16. The molecule has 3 aromatic rings. The highest BCUT2D eigenvalue weighted by Gasteiger charge is 2.32. The molecule has 3 rings (SSSR count). The van der Waals surface area contributed by atoms with Gasteiger partial charge in [0.05, 0.1) is 5.69 Å². The molecule has 6 nitrogen and oxygen atoms in total. The van der Waals surface area contributed by atoms with Crippen LogP contribution in [-0.4, -0.2) is 31.4 Å². The molecule has 3 aromatic heterocycles. The molecule has 158 valence electrons. The zero-order valence-corrected chi connectivity index (χ0v) is 17.6. The van der Waals surface area contributed by atoms with Crippen LogP contribution in [0.3, 0.4) is 0 Å². The maximum absolute atomic E-state index is 12.8. The van der Waals surface area contributed by atoms with Gasteiger partial charge in [-0.3, -0.25) is 4.98 Å². The second-order valence-corrected chi connectivity index (χ2v) is 7.90. The minimum Gasteiger partial charge on any atom is -0.395 e. The van der Waals surface area contributed by atoms with Crippen LogP contribution in [0.1, 0.15) is 12.6 Å². The van der Waals surface area contributed by atoms with Crippen LogP contribution >= 0.6 is 23.4 Å². The van der Waals surface area contributed by atoms with Gasteiger partial charge >= 0.3 is 6.18 Å². The third-order valence-corrected chi connectivity index (χ3v) is 5.28. The second kappa shape index (κ2) is 8.57. The number of allylic oxidation sites excluding steroid dienone is 1. The first-order valence-electron chi connectivity index (χ1n) is 8.74. The van der Waals surface area contributed by atoms with Crippen molar-refractivity contribution in [1.82, 2.24) is 19.5 Å². The number of anilines is 1. The standard InChI is InChI=1S/C19H18ClF3N6S/c1-3-30-13-7-10(11-5-4-6-15(20)27-11)9-26-16(13)18-28-12(17(25)29(18)2)8-14(24)19(21,22)23/h4-9H,3,24-25H2,1-2H3/b14-8-. The fourth-order valence-corrected chi connectivity index (χ4v) is 3.63. The fraction of sp³-hybridized carbons (Fsp3) is 0.211. The van der Waals surface area contributed by atoms with E-state index in [1.165, 1.54) is 16.3 Å². The molecule has 0 aliphatic carbocycles. The number of nitrogen functional groups attached to an aromatic ring is 1. The summed E-state index contributed by atoms with van der Waals surface area (Å²) in [6.45, 7) is 1.98. The number of nitrogens with two attached hydrogens (primary N) is 2. The highest BCUT2D eigenvalue weighted by atomic mass is 35.5. The van der Waals surface area contributed by atoms with Crippen LogP contribution in [0, 0.1) is 0 Å². The number of nitrogens with zero attached hydrogens (tertiary/aromatic N) is 4. The Kier molecular flexibility index (Phi) is 6.27. The highest BCUT2D eigenvalue weighted by molar-refractivity contribution is 7.99. The summed E-state index contributed by atoms with van der Waals surface area (Å²) in [5.74, 6) is 1.12. The molecule has 0 radical (unpaired) electrons. The van der Waals surface area contributed by atoms with Gasteiger partial charge in [-0.15, -0.1) is 11.8 Å². The highest BCUT2D eigenvalue weighted by Crippen LogP contribution is 2.34. The number of rotatable bonds is 5. The molecule has 0 saturated carbocycles. The summed E-state index contributed by atoms with van der Waals surface area (Å²) in [7, 11) is 1.60. The third kappa shape index (κ3) is 4.54. The molecule has 30 heavy (non-hydrogen) atoms. The van der Waals surface area contributed by atoms with Gasteiger partial charge in [0.15, 0.2) is 5.82 Å². The topological polar surface area (TPSA) is 95.6 Å². The van der Waals surface area contributed by atoms with E-state index in [-0.39, 0.29) is 11.5 Å². The van der Waals surface area contributed by atoms with Crippen molar-refractivity contribution in [2.24, 2.45) is 12.8 Å². The number of aromatic nitrogens is 4. The van der Waals surface area contributed by atoms with E-state index < -0.39 is 11.9 Å². The summed E-state index contributed by atoms with van der Waals surface area (Å²) in [5, 5.41) is 0.358. The van der Waals surface area contributed by atoms with Crippen LogP contribution < -0.4 is 11.5 Å². The van der Waals surface area contributed by atoms with Gasteiger partial charge in [0.2, 0.25) is 0 Å². The minimum absolute atomic E-state index is 0.0482. The minimum atomic E-state index is -4.67. The largest absolute Gasteiger partial charge is 0.430 e. The van der Waals surface area contributed by atoms with E-state index in [0.29, 0.717) is 22.4 Å². The van der Waals surface area contributed by atoms with Crippen LogP contribution in [-0.2, 0) is 7.05 Å². The maximum atomic E-state index is 12.8. The average molecular weight is 455 g/mol. The quantitative estimate of drug-likeness (QED) is 0.426. The van der Waals surface area contributed by atoms with Gasteiger partial charge in [-0.05, 0) is 30.0 Å². The number of hydrogen-bond acceptors (Lipinski definition) is 6. The molecule has 0 amide bonds. The van der Waals surface area contributed by atoms with Gasteiger partial charge in [-0.1, -0.05) is 24.6 Å². The Morgan fingerprint density at radius 1 is 1.30 bits per heavy atom. The van der Waals surface area contributed by atoms with Gasteiger partial charge in [0.25, 0.3) is 0 Å². The van der Waals surface area contributed by atoms with E-state index in [9.17, 15) is 13.2 Å². The van der Waals surface area contributed by atoms with Crippen LogP contribution in [0.2, 0.25) is 5.15 Å². The monoisotopic (exact) mass is 454 g/mol. The van der Waals surface area contributed by atoms with Gasteiger partial charge in [-0.25, -0.2) is 9.97 Å². The predicted octanol–water partition coefficient (Wildman–Crippen LogP) is 4.75. The summed E-state index contributed by atoms with van der Waals surface area (Å²) in [6.07, 6.45) is -2.34. The van der Waals surface area contributed by atoms with Gasteiger partial charge in [0, 0.05) is 23.7 Å². The maximum Gasteiger partial charge on any atom is 0.430 e. The first kappa shape index (κ1) is 22.0. The van der Waals surface area contributed by atoms with Gasteiger partial charge in [0.1, 0.15) is 28.1 Å². The predicted molar refractivity (Wildman–Crippen MR) is 114 cm³/mol. The molecule has 0 saturated heterocycles. The number of thioether (sulfide) groups is 1. The Bertz CT molecular complexity index is 1110. The lowest BCUT2D eigenvalue weighted by atomic mass is 10.1. The molecule has 4 N–H and O–H groups in total. The SMILES string of the molecule is CCSc1cc(-c2cccc(Cl)n2)cnc1-c1nc(/C=C(\N)C(F)(F)F)c(N)n1C. The molecule has 0 aliphatic heterocycles. The van der Waals surface area contributed by atoms with E-state index >= 15 is 0 Å². The van der Waals surface area contributed by atoms with E-state index in [2.05, 4.69) is 15.0 Å². The number of halogens is 4. The zero-order chi connectivity index (χ0) is 22.1. The molecule has 0 aromatic carbocycles. The molecule has 0 bridgehead atoms. The van der Waals surface area contributed by atoms with E-state index in [4.69, 9.17) is 23.1 Å². The number of imidazole rings is 1. The van der Waals surface area contributed by atoms with Crippen LogP contribution in [0.4, 0.5) is 19.0 Å². The summed E-state index contributed by atoms with van der Waals surface area (Å²) < 4.78 is 39.9. The Labute approximate surface area is 180 Å². The lowest BCUT2D eigenvalue weighted by Crippen LogP contribution is -2.19. The van der Waals surface area contributed by atoms with Crippen LogP contribution in [0.5, 0.6) is 0 Å². The first-order valence-corrected chi connectivity index (χ1v) is 10.1. The van der Waals surface area contributed by atoms with Gasteiger partial charge < -0.3 is 16.0 Å². The van der Waals surface area contributed by atoms with Crippen molar-refractivity contribution in [2.75, 3.05) is 11.5 Å². The lowest BCUT2D eigenvalue weighted by molar-refractivity contribution is -0.0916. The van der Waals surface area contributed by atoms with Crippen molar-refractivity contribution >= 4 is 35.3 Å². The molecule has 11 heteroatoms. The summed E-state index contributed by atoms with van der Waals surface area (Å²) in [4.78, 5) is 13.8. The van der Waals surface area contributed by atoms with E-state index in [1.54, 1.807) is 25.4 Å². The van der Waals surface area contributed by atoms with Crippen molar-refractivity contribution in [3.8, 4) is 22.8 Å². The molecular weight excluding hydrogens is 437 g/mol. The smallest absolute Gasteiger partial charge is 0.395 e. The molecular formula is C19H18ClF3N6S. The van der Waals surface area contributed by atoms with Gasteiger partial charge in [-0.2, -0.15) is 13.2 Å². The third-order valence-electron chi connectivity index (χ3n) is 4.16. The van der Waals surface area contributed by atoms with Crippen molar-refractivity contribution in [1.29, 1.82) is 0 Å². The normalized spacial score (nSPS) is 12.4. The first-order chi connectivity index (χ1) is 14.1. The van der Waals surface area contributed by atoms with Crippen molar-refractivity contribution in [3.05, 3.63) is 47.0 Å². The van der Waals surface area contributed by atoms with Crippen molar-refractivity contribution < 1.29 is 13.2 Å². The van der Waals surface area contributed by atoms with E-state index in [1.807, 2.05) is 19.1 Å². The number of pyridine rings is 2. The average Bonchev–Trinajstić information content (AvgIpc) is 2.96. The Hall–Kier alpha value is -2.72. The zero-order valence-electron chi connectivity index (χ0n) is 16.0. The molecule has 0 aliphatic rings. The molecule has 0 spiro atoms. The molecule has 0 unspecified atom stereocenters. The van der Waals surface area contributed by atoms with Crippen LogP contribution in [0.15, 0.2) is 41.1 Å². The Balaban J connectivity index is 2.10. The number of hydrogen-bond donors (Lipinski definition) is 2.